The van der Waals surface area contributed by atoms with Gasteiger partial charge in [0, 0.05) is 23.6 Å². The van der Waals surface area contributed by atoms with Crippen LogP contribution < -0.4 is 4.90 Å². The van der Waals surface area contributed by atoms with Crippen molar-refractivity contribution in [3.8, 4) is 0 Å². The number of benzene rings is 2. The maximum absolute atomic E-state index is 11.4. The zero-order valence-electron chi connectivity index (χ0n) is 12.7. The van der Waals surface area contributed by atoms with Crippen LogP contribution in [0, 0.1) is 16.0 Å². The Balaban J connectivity index is 2.39. The first-order chi connectivity index (χ1) is 10.5. The Morgan fingerprint density at radius 2 is 1.86 bits per heavy atom. The van der Waals surface area contributed by atoms with Gasteiger partial charge in [0.05, 0.1) is 4.92 Å². The number of nitro groups is 1. The standard InChI is InChI=1S/C17H19BrN2O2/c1-13(2)11-19(12-14-6-4-3-5-7-14)16-9-8-15(18)10-17(16)20(21)22/h3-10,13H,11-12H2,1-2H3. The number of anilines is 1. The summed E-state index contributed by atoms with van der Waals surface area (Å²) in [7, 11) is 0. The van der Waals surface area contributed by atoms with E-state index in [1.54, 1.807) is 6.07 Å². The molecule has 0 unspecified atom stereocenters. The molecule has 0 saturated heterocycles. The fraction of sp³-hybridized carbons (Fsp3) is 0.294. The van der Waals surface area contributed by atoms with Crippen LogP contribution in [-0.4, -0.2) is 11.5 Å². The van der Waals surface area contributed by atoms with Crippen molar-refractivity contribution in [2.45, 2.75) is 20.4 Å². The Kier molecular flexibility index (Phi) is 5.55. The maximum Gasteiger partial charge on any atom is 0.293 e. The van der Waals surface area contributed by atoms with Gasteiger partial charge in [-0.05, 0) is 23.6 Å². The third-order valence-corrected chi connectivity index (χ3v) is 3.77. The van der Waals surface area contributed by atoms with E-state index in [1.165, 1.54) is 0 Å². The summed E-state index contributed by atoms with van der Waals surface area (Å²) < 4.78 is 0.715. The first-order valence-corrected chi connectivity index (χ1v) is 7.99. The Morgan fingerprint density at radius 1 is 1.18 bits per heavy atom. The monoisotopic (exact) mass is 362 g/mol. The third-order valence-electron chi connectivity index (χ3n) is 3.28. The molecule has 22 heavy (non-hydrogen) atoms. The molecular weight excluding hydrogens is 344 g/mol. The van der Waals surface area contributed by atoms with Crippen LogP contribution in [0.1, 0.15) is 19.4 Å². The second-order valence-electron chi connectivity index (χ2n) is 5.65. The van der Waals surface area contributed by atoms with E-state index in [4.69, 9.17) is 0 Å². The lowest BCUT2D eigenvalue weighted by Gasteiger charge is -2.26. The van der Waals surface area contributed by atoms with Gasteiger partial charge in [-0.3, -0.25) is 10.1 Å². The molecule has 0 bridgehead atoms. The topological polar surface area (TPSA) is 46.4 Å². The van der Waals surface area contributed by atoms with Gasteiger partial charge in [-0.1, -0.05) is 60.1 Å². The van der Waals surface area contributed by atoms with Crippen molar-refractivity contribution in [1.82, 2.24) is 0 Å². The van der Waals surface area contributed by atoms with E-state index in [1.807, 2.05) is 42.5 Å². The van der Waals surface area contributed by atoms with Crippen molar-refractivity contribution in [3.63, 3.8) is 0 Å². The van der Waals surface area contributed by atoms with Crippen LogP contribution in [0.3, 0.4) is 0 Å². The summed E-state index contributed by atoms with van der Waals surface area (Å²) in [5.41, 5.74) is 1.93. The summed E-state index contributed by atoms with van der Waals surface area (Å²) in [6.07, 6.45) is 0. The Labute approximate surface area is 139 Å². The molecule has 0 heterocycles. The summed E-state index contributed by atoms with van der Waals surface area (Å²) >= 11 is 3.31. The van der Waals surface area contributed by atoms with E-state index >= 15 is 0 Å². The molecule has 2 rings (SSSR count). The minimum atomic E-state index is -0.321. The van der Waals surface area contributed by atoms with Gasteiger partial charge in [0.1, 0.15) is 5.69 Å². The Morgan fingerprint density at radius 3 is 2.45 bits per heavy atom. The van der Waals surface area contributed by atoms with E-state index < -0.39 is 0 Å². The molecular formula is C17H19BrN2O2. The number of nitrogens with zero attached hydrogens (tertiary/aromatic N) is 2. The van der Waals surface area contributed by atoms with Crippen molar-refractivity contribution in [1.29, 1.82) is 0 Å². The van der Waals surface area contributed by atoms with E-state index in [9.17, 15) is 10.1 Å². The highest BCUT2D eigenvalue weighted by molar-refractivity contribution is 9.10. The normalized spacial score (nSPS) is 10.7. The van der Waals surface area contributed by atoms with Gasteiger partial charge in [-0.25, -0.2) is 0 Å². The molecule has 2 aromatic rings. The van der Waals surface area contributed by atoms with Crippen LogP contribution >= 0.6 is 15.9 Å². The molecule has 0 atom stereocenters. The van der Waals surface area contributed by atoms with Crippen LogP contribution in [-0.2, 0) is 6.54 Å². The zero-order valence-corrected chi connectivity index (χ0v) is 14.3. The molecule has 0 amide bonds. The minimum absolute atomic E-state index is 0.131. The fourth-order valence-electron chi connectivity index (χ4n) is 2.40. The number of rotatable bonds is 6. The molecule has 0 fully saturated rings. The number of hydrogen-bond acceptors (Lipinski definition) is 3. The lowest BCUT2D eigenvalue weighted by atomic mass is 10.1. The third kappa shape index (κ3) is 4.31. The van der Waals surface area contributed by atoms with Gasteiger partial charge in [0.15, 0.2) is 0 Å². The first-order valence-electron chi connectivity index (χ1n) is 7.20. The van der Waals surface area contributed by atoms with Crippen molar-refractivity contribution < 1.29 is 4.92 Å². The first kappa shape index (κ1) is 16.5. The quantitative estimate of drug-likeness (QED) is 0.535. The average molecular weight is 363 g/mol. The highest BCUT2D eigenvalue weighted by Gasteiger charge is 2.20. The SMILES string of the molecule is CC(C)CN(Cc1ccccc1)c1ccc(Br)cc1[N+](=O)[O-]. The van der Waals surface area contributed by atoms with E-state index in [0.717, 1.165) is 12.1 Å². The van der Waals surface area contributed by atoms with Crippen LogP contribution in [0.25, 0.3) is 0 Å². The average Bonchev–Trinajstić information content (AvgIpc) is 2.47. The van der Waals surface area contributed by atoms with Gasteiger partial charge in [-0.15, -0.1) is 0 Å². The lowest BCUT2D eigenvalue weighted by Crippen LogP contribution is -2.27. The highest BCUT2D eigenvalue weighted by Crippen LogP contribution is 2.32. The van der Waals surface area contributed by atoms with Gasteiger partial charge in [0.25, 0.3) is 5.69 Å². The Bertz CT molecular complexity index is 644. The molecule has 0 aromatic heterocycles. The summed E-state index contributed by atoms with van der Waals surface area (Å²) in [4.78, 5) is 13.1. The van der Waals surface area contributed by atoms with Gasteiger partial charge < -0.3 is 4.90 Å². The molecule has 0 radical (unpaired) electrons. The zero-order chi connectivity index (χ0) is 16.1. The molecule has 5 heteroatoms. The van der Waals surface area contributed by atoms with Crippen LogP contribution in [0.15, 0.2) is 53.0 Å². The lowest BCUT2D eigenvalue weighted by molar-refractivity contribution is -0.384. The summed E-state index contributed by atoms with van der Waals surface area (Å²) in [6.45, 7) is 5.64. The van der Waals surface area contributed by atoms with E-state index in [-0.39, 0.29) is 10.6 Å². The smallest absolute Gasteiger partial charge is 0.293 e. The van der Waals surface area contributed by atoms with E-state index in [0.29, 0.717) is 22.6 Å². The summed E-state index contributed by atoms with van der Waals surface area (Å²) in [5.74, 6) is 0.409. The van der Waals surface area contributed by atoms with E-state index in [2.05, 4.69) is 34.7 Å². The second kappa shape index (κ2) is 7.40. The molecule has 0 spiro atoms. The number of hydrogen-bond donors (Lipinski definition) is 0. The molecule has 0 aliphatic carbocycles. The Hall–Kier alpha value is -1.88. The van der Waals surface area contributed by atoms with Gasteiger partial charge >= 0.3 is 0 Å². The van der Waals surface area contributed by atoms with Crippen molar-refractivity contribution >= 4 is 27.3 Å². The van der Waals surface area contributed by atoms with Gasteiger partial charge in [-0.2, -0.15) is 0 Å². The molecule has 0 N–H and O–H groups in total. The highest BCUT2D eigenvalue weighted by atomic mass is 79.9. The number of nitro benzene ring substituents is 1. The molecule has 0 aliphatic rings. The minimum Gasteiger partial charge on any atom is -0.361 e. The van der Waals surface area contributed by atoms with Gasteiger partial charge in [0.2, 0.25) is 0 Å². The number of halogens is 1. The van der Waals surface area contributed by atoms with Crippen LogP contribution in [0.5, 0.6) is 0 Å². The predicted octanol–water partition coefficient (Wildman–Crippen LogP) is 5.02. The second-order valence-corrected chi connectivity index (χ2v) is 6.57. The summed E-state index contributed by atoms with van der Waals surface area (Å²) in [5, 5.41) is 11.4. The summed E-state index contributed by atoms with van der Waals surface area (Å²) in [6, 6.07) is 15.2. The molecule has 0 saturated carbocycles. The molecule has 116 valence electrons. The predicted molar refractivity (Wildman–Crippen MR) is 93.1 cm³/mol. The molecule has 2 aromatic carbocycles. The maximum atomic E-state index is 11.4. The van der Waals surface area contributed by atoms with Crippen LogP contribution in [0.2, 0.25) is 0 Å². The van der Waals surface area contributed by atoms with Crippen molar-refractivity contribution in [3.05, 3.63) is 68.7 Å². The van der Waals surface area contributed by atoms with Crippen molar-refractivity contribution in [2.24, 2.45) is 5.92 Å². The fourth-order valence-corrected chi connectivity index (χ4v) is 2.75. The molecule has 0 aliphatic heterocycles. The largest absolute Gasteiger partial charge is 0.361 e. The molecule has 4 nitrogen and oxygen atoms in total. The van der Waals surface area contributed by atoms with Crippen LogP contribution in [0.4, 0.5) is 11.4 Å². The van der Waals surface area contributed by atoms with Crippen molar-refractivity contribution in [2.75, 3.05) is 11.4 Å².